The number of nitrogens with one attached hydrogen (secondary N) is 3. The number of unbranched alkanes of at least 4 members (excludes halogenated alkanes) is 7. The van der Waals surface area contributed by atoms with E-state index in [-0.39, 0.29) is 5.96 Å². The molecule has 10 N–H and O–H groups in total. The largest absolute Gasteiger partial charge is 0.480 e. The van der Waals surface area contributed by atoms with Gasteiger partial charge in [-0.1, -0.05) is 38.5 Å². The Morgan fingerprint density at radius 2 is 1.40 bits per heavy atom. The van der Waals surface area contributed by atoms with E-state index in [1.807, 2.05) is 0 Å². The number of hydrogen-bond acceptors (Lipinski definition) is 5. The lowest BCUT2D eigenvalue weighted by atomic mass is 10.1. The minimum atomic E-state index is -0.856. The summed E-state index contributed by atoms with van der Waals surface area (Å²) in [6.45, 7) is 2.24. The van der Waals surface area contributed by atoms with E-state index in [0.717, 1.165) is 13.1 Å². The maximum atomic E-state index is 10.5. The van der Waals surface area contributed by atoms with Crippen LogP contribution in [-0.4, -0.2) is 49.8 Å². The van der Waals surface area contributed by atoms with Crippen molar-refractivity contribution in [2.45, 2.75) is 70.3 Å². The molecular weight excluding hydrogens is 320 g/mol. The van der Waals surface area contributed by atoms with Gasteiger partial charge in [0.15, 0.2) is 5.96 Å². The van der Waals surface area contributed by atoms with Gasteiger partial charge in [-0.15, -0.1) is 0 Å². The zero-order valence-corrected chi connectivity index (χ0v) is 15.9. The number of likely N-dealkylation sites (N-methyl/N-ethyl adjacent to an activating group) is 1. The van der Waals surface area contributed by atoms with Crippen LogP contribution in [0.5, 0.6) is 0 Å². The highest BCUT2D eigenvalue weighted by Crippen LogP contribution is 2.07. The maximum absolute atomic E-state index is 10.5. The van der Waals surface area contributed by atoms with Crippen LogP contribution in [0.25, 0.3) is 0 Å². The summed E-state index contributed by atoms with van der Waals surface area (Å²) in [6.07, 6.45) is 11.7. The lowest BCUT2D eigenvalue weighted by Crippen LogP contribution is -2.36. The average molecular weight is 361 g/mol. The van der Waals surface area contributed by atoms with Crippen molar-refractivity contribution < 1.29 is 9.90 Å². The summed E-state index contributed by atoms with van der Waals surface area (Å²) in [5.41, 5.74) is 15.8. The van der Waals surface area contributed by atoms with E-state index in [0.29, 0.717) is 19.4 Å². The van der Waals surface area contributed by atoms with Crippen LogP contribution < -0.4 is 27.8 Å². The predicted octanol–water partition coefficient (Wildman–Crippen LogP) is 0.947. The molecule has 1 atom stereocenters. The van der Waals surface area contributed by atoms with Crippen molar-refractivity contribution in [1.29, 1.82) is 5.41 Å². The number of aliphatic carboxylic acids is 1. The van der Waals surface area contributed by atoms with Crippen LogP contribution in [0.15, 0.2) is 0 Å². The SMILES string of the molecule is CN[C@@H](CCCNC(=N)N)C(=O)O.NCCCCCCCCCCN. The third-order valence-corrected chi connectivity index (χ3v) is 3.79. The van der Waals surface area contributed by atoms with Crippen molar-refractivity contribution in [3.05, 3.63) is 0 Å². The summed E-state index contributed by atoms with van der Waals surface area (Å²) in [5, 5.41) is 20.8. The molecule has 0 amide bonds. The standard InChI is InChI=1S/C10H24N2.C7H16N4O2/c11-9-7-5-3-1-2-4-6-8-10-12;1-10-5(6(12)13)3-2-4-11-7(8)9/h1-12H2;5,10H,2-4H2,1H3,(H,12,13)(H4,8,9,11)/t;5-/m.0/s1. The Hall–Kier alpha value is -1.38. The summed E-state index contributed by atoms with van der Waals surface area (Å²) >= 11 is 0. The fourth-order valence-electron chi connectivity index (χ4n) is 2.27. The van der Waals surface area contributed by atoms with Gasteiger partial charge >= 0.3 is 5.97 Å². The molecule has 0 fully saturated rings. The Morgan fingerprint density at radius 1 is 0.960 bits per heavy atom. The molecular formula is C17H40N6O2. The molecule has 0 aromatic heterocycles. The fraction of sp³-hybridized carbons (Fsp3) is 0.882. The molecule has 0 aliphatic rings. The quantitative estimate of drug-likeness (QED) is 0.130. The molecule has 150 valence electrons. The fourth-order valence-corrected chi connectivity index (χ4v) is 2.27. The van der Waals surface area contributed by atoms with Gasteiger partial charge in [0.05, 0.1) is 0 Å². The van der Waals surface area contributed by atoms with Gasteiger partial charge in [0, 0.05) is 6.54 Å². The van der Waals surface area contributed by atoms with Gasteiger partial charge in [0.25, 0.3) is 0 Å². The number of hydrogen-bond donors (Lipinski definition) is 7. The molecule has 0 aliphatic heterocycles. The first-order valence-electron chi connectivity index (χ1n) is 9.37. The Bertz CT molecular complexity index is 306. The van der Waals surface area contributed by atoms with Gasteiger partial charge in [-0.3, -0.25) is 10.2 Å². The van der Waals surface area contributed by atoms with Gasteiger partial charge in [0.2, 0.25) is 0 Å². The van der Waals surface area contributed by atoms with Crippen LogP contribution in [0, 0.1) is 5.41 Å². The first-order chi connectivity index (χ1) is 12.0. The molecule has 8 nitrogen and oxygen atoms in total. The first kappa shape index (κ1) is 25.9. The molecule has 0 bridgehead atoms. The van der Waals surface area contributed by atoms with Crippen LogP contribution in [0.4, 0.5) is 0 Å². The predicted molar refractivity (Wildman–Crippen MR) is 105 cm³/mol. The molecule has 0 saturated heterocycles. The monoisotopic (exact) mass is 360 g/mol. The summed E-state index contributed by atoms with van der Waals surface area (Å²) in [6, 6.07) is -0.520. The number of carboxylic acid groups (broad SMARTS) is 1. The Morgan fingerprint density at radius 3 is 1.72 bits per heavy atom. The molecule has 8 heteroatoms. The lowest BCUT2D eigenvalue weighted by Gasteiger charge is -2.10. The maximum Gasteiger partial charge on any atom is 0.320 e. The van der Waals surface area contributed by atoms with E-state index < -0.39 is 12.0 Å². The topological polar surface area (TPSA) is 163 Å². The minimum absolute atomic E-state index is 0.0867. The highest BCUT2D eigenvalue weighted by molar-refractivity contribution is 5.74. The molecule has 0 rings (SSSR count). The smallest absolute Gasteiger partial charge is 0.320 e. The van der Waals surface area contributed by atoms with Crippen LogP contribution in [0.2, 0.25) is 0 Å². The normalized spacial score (nSPS) is 11.3. The number of carbonyl (C=O) groups is 1. The van der Waals surface area contributed by atoms with E-state index in [1.165, 1.54) is 51.4 Å². The van der Waals surface area contributed by atoms with E-state index in [2.05, 4.69) is 10.6 Å². The molecule has 0 heterocycles. The van der Waals surface area contributed by atoms with Crippen molar-refractivity contribution in [3.63, 3.8) is 0 Å². The molecule has 0 radical (unpaired) electrons. The third kappa shape index (κ3) is 22.6. The molecule has 0 saturated carbocycles. The third-order valence-electron chi connectivity index (χ3n) is 3.79. The van der Waals surface area contributed by atoms with Gasteiger partial charge in [-0.05, 0) is 45.8 Å². The van der Waals surface area contributed by atoms with E-state index in [1.54, 1.807) is 7.05 Å². The first-order valence-corrected chi connectivity index (χ1v) is 9.37. The Balaban J connectivity index is 0. The second-order valence-electron chi connectivity index (χ2n) is 6.07. The summed E-state index contributed by atoms with van der Waals surface area (Å²) in [7, 11) is 1.61. The molecule has 0 aromatic rings. The number of guanidine groups is 1. The second-order valence-corrected chi connectivity index (χ2v) is 6.07. The van der Waals surface area contributed by atoms with Gasteiger partial charge in [0.1, 0.15) is 6.04 Å². The molecule has 0 unspecified atom stereocenters. The highest BCUT2D eigenvalue weighted by atomic mass is 16.4. The number of carboxylic acids is 1. The van der Waals surface area contributed by atoms with Crippen LogP contribution in [0.3, 0.4) is 0 Å². The van der Waals surface area contributed by atoms with Crippen LogP contribution in [0.1, 0.15) is 64.2 Å². The molecule has 0 spiro atoms. The van der Waals surface area contributed by atoms with Crippen molar-refractivity contribution in [2.75, 3.05) is 26.7 Å². The zero-order valence-electron chi connectivity index (χ0n) is 15.9. The molecule has 25 heavy (non-hydrogen) atoms. The van der Waals surface area contributed by atoms with E-state index >= 15 is 0 Å². The lowest BCUT2D eigenvalue weighted by molar-refractivity contribution is -0.139. The molecule has 0 aliphatic carbocycles. The highest BCUT2D eigenvalue weighted by Gasteiger charge is 2.13. The molecule has 0 aromatic carbocycles. The van der Waals surface area contributed by atoms with E-state index in [4.69, 9.17) is 27.7 Å². The van der Waals surface area contributed by atoms with Gasteiger partial charge < -0.3 is 32.9 Å². The summed E-state index contributed by atoms with van der Waals surface area (Å²) in [5.74, 6) is -0.943. The Labute approximate surface area is 152 Å². The van der Waals surface area contributed by atoms with Crippen molar-refractivity contribution >= 4 is 11.9 Å². The minimum Gasteiger partial charge on any atom is -0.480 e. The van der Waals surface area contributed by atoms with E-state index in [9.17, 15) is 4.79 Å². The van der Waals surface area contributed by atoms with Crippen LogP contribution in [-0.2, 0) is 4.79 Å². The van der Waals surface area contributed by atoms with Crippen molar-refractivity contribution in [3.8, 4) is 0 Å². The van der Waals surface area contributed by atoms with Gasteiger partial charge in [-0.2, -0.15) is 0 Å². The van der Waals surface area contributed by atoms with Crippen molar-refractivity contribution in [2.24, 2.45) is 17.2 Å². The number of nitrogens with two attached hydrogens (primary N) is 3. The van der Waals surface area contributed by atoms with Crippen molar-refractivity contribution in [1.82, 2.24) is 10.6 Å². The second kappa shape index (κ2) is 20.7. The summed E-state index contributed by atoms with van der Waals surface area (Å²) in [4.78, 5) is 10.5. The average Bonchev–Trinajstić information content (AvgIpc) is 2.57. The van der Waals surface area contributed by atoms with Crippen LogP contribution >= 0.6 is 0 Å². The summed E-state index contributed by atoms with van der Waals surface area (Å²) < 4.78 is 0. The number of rotatable bonds is 15. The Kier molecular flexibility index (Phi) is 21.4. The zero-order chi connectivity index (χ0) is 19.3. The van der Waals surface area contributed by atoms with Gasteiger partial charge in [-0.25, -0.2) is 0 Å².